The predicted molar refractivity (Wildman–Crippen MR) is 121 cm³/mol. The van der Waals surface area contributed by atoms with Gasteiger partial charge in [-0.25, -0.2) is 4.79 Å². The van der Waals surface area contributed by atoms with Gasteiger partial charge in [-0.15, -0.1) is 11.3 Å². The zero-order chi connectivity index (χ0) is 21.5. The molecule has 0 saturated carbocycles. The molecule has 162 valence electrons. The number of halogens is 1. The maximum Gasteiger partial charge on any atom is 0.415 e. The number of nitrogens with one attached hydrogen (secondary N) is 1. The summed E-state index contributed by atoms with van der Waals surface area (Å²) < 4.78 is 6.08. The maximum absolute atomic E-state index is 12.7. The molecule has 7 heteroatoms. The summed E-state index contributed by atoms with van der Waals surface area (Å²) >= 11 is 7.29. The van der Waals surface area contributed by atoms with Crippen molar-refractivity contribution in [2.45, 2.75) is 45.6 Å². The molecule has 1 N–H and O–H groups in total. The van der Waals surface area contributed by atoms with Crippen LogP contribution in [0.15, 0.2) is 42.5 Å². The summed E-state index contributed by atoms with van der Waals surface area (Å²) in [5, 5.41) is 3.24. The molecule has 0 aliphatic carbocycles. The Morgan fingerprint density at radius 1 is 1.20 bits per heavy atom. The van der Waals surface area contributed by atoms with Crippen LogP contribution < -0.4 is 10.1 Å². The second-order valence-corrected chi connectivity index (χ2v) is 9.65. The first-order chi connectivity index (χ1) is 14.5. The number of nitrogens with zero attached hydrogens (tertiary/aromatic N) is 1. The quantitative estimate of drug-likeness (QED) is 0.578. The molecule has 3 rings (SSSR count). The zero-order valence-electron chi connectivity index (χ0n) is 17.5. The highest BCUT2D eigenvalue weighted by Crippen LogP contribution is 2.28. The maximum atomic E-state index is 12.7. The number of thiophene rings is 1. The molecule has 0 spiro atoms. The van der Waals surface area contributed by atoms with Crippen LogP contribution in [0.1, 0.15) is 49.2 Å². The first-order valence-electron chi connectivity index (χ1n) is 10.5. The molecule has 1 fully saturated rings. The van der Waals surface area contributed by atoms with E-state index in [2.05, 4.69) is 19.2 Å². The summed E-state index contributed by atoms with van der Waals surface area (Å²) in [7, 11) is 0. The van der Waals surface area contributed by atoms with E-state index in [4.69, 9.17) is 16.3 Å². The summed E-state index contributed by atoms with van der Waals surface area (Å²) in [4.78, 5) is 27.6. The Bertz CT molecular complexity index is 834. The van der Waals surface area contributed by atoms with Gasteiger partial charge in [-0.05, 0) is 55.4 Å². The Balaban J connectivity index is 1.58. The highest BCUT2D eigenvalue weighted by molar-refractivity contribution is 7.18. The van der Waals surface area contributed by atoms with Crippen molar-refractivity contribution < 1.29 is 14.3 Å². The van der Waals surface area contributed by atoms with Gasteiger partial charge in [-0.1, -0.05) is 50.1 Å². The van der Waals surface area contributed by atoms with Gasteiger partial charge in [0.25, 0.3) is 5.91 Å². The molecule has 0 bridgehead atoms. The molecule has 1 aromatic heterocycles. The van der Waals surface area contributed by atoms with Gasteiger partial charge in [0, 0.05) is 19.1 Å². The first kappa shape index (κ1) is 22.6. The molecule has 1 aromatic carbocycles. The lowest BCUT2D eigenvalue weighted by Crippen LogP contribution is -2.47. The summed E-state index contributed by atoms with van der Waals surface area (Å²) in [5.41, 5.74) is 0. The number of carbonyl (C=O) groups excluding carboxylic acids is 2. The first-order valence-corrected chi connectivity index (χ1v) is 11.7. The highest BCUT2D eigenvalue weighted by atomic mass is 35.5. The third-order valence-electron chi connectivity index (χ3n) is 5.78. The average Bonchev–Trinajstić information content (AvgIpc) is 3.20. The van der Waals surface area contributed by atoms with Crippen molar-refractivity contribution in [3.8, 4) is 5.75 Å². The number of piperidine rings is 1. The molecule has 2 amide bonds. The fraction of sp³-hybridized carbons (Fsp3) is 0.478. The summed E-state index contributed by atoms with van der Waals surface area (Å²) in [5.74, 6) is 1.34. The van der Waals surface area contributed by atoms with Crippen LogP contribution in [0.2, 0.25) is 4.34 Å². The number of rotatable bonds is 7. The van der Waals surface area contributed by atoms with Gasteiger partial charge in [0.2, 0.25) is 0 Å². The second kappa shape index (κ2) is 10.8. The van der Waals surface area contributed by atoms with E-state index < -0.39 is 0 Å². The number of hydrogen-bond acceptors (Lipinski definition) is 4. The van der Waals surface area contributed by atoms with Crippen LogP contribution >= 0.6 is 22.9 Å². The van der Waals surface area contributed by atoms with Gasteiger partial charge in [0.1, 0.15) is 5.75 Å². The van der Waals surface area contributed by atoms with Gasteiger partial charge >= 0.3 is 6.09 Å². The third-order valence-corrected chi connectivity index (χ3v) is 7.01. The molecular weight excluding hydrogens is 420 g/mol. The van der Waals surface area contributed by atoms with E-state index >= 15 is 0 Å². The Labute approximate surface area is 187 Å². The largest absolute Gasteiger partial charge is 0.415 e. The number of para-hydroxylation sites is 1. The van der Waals surface area contributed by atoms with Gasteiger partial charge in [-0.3, -0.25) is 4.79 Å². The Kier molecular flexibility index (Phi) is 8.16. The molecule has 0 radical (unpaired) electrons. The van der Waals surface area contributed by atoms with E-state index in [9.17, 15) is 9.59 Å². The Hall–Kier alpha value is -2.05. The molecule has 1 saturated heterocycles. The van der Waals surface area contributed by atoms with Crippen molar-refractivity contribution in [3.63, 3.8) is 0 Å². The summed E-state index contributed by atoms with van der Waals surface area (Å²) in [6.07, 6.45) is 3.38. The van der Waals surface area contributed by atoms with Gasteiger partial charge in [0.05, 0.1) is 9.21 Å². The Morgan fingerprint density at radius 3 is 2.50 bits per heavy atom. The zero-order valence-corrected chi connectivity index (χ0v) is 19.0. The number of benzene rings is 1. The summed E-state index contributed by atoms with van der Waals surface area (Å²) in [6.45, 7) is 5.65. The van der Waals surface area contributed by atoms with Crippen molar-refractivity contribution in [1.82, 2.24) is 10.2 Å². The Morgan fingerprint density at radius 2 is 1.90 bits per heavy atom. The van der Waals surface area contributed by atoms with Crippen LogP contribution in [-0.4, -0.2) is 36.0 Å². The number of carbonyl (C=O) groups is 2. The molecular formula is C23H29ClN2O3S. The standard InChI is InChI=1S/C23H29ClN2O3S/c1-3-16(2)15-19(25-22(27)20-9-10-21(24)30-20)17-11-13-26(14-12-17)23(28)29-18-7-5-4-6-8-18/h4-10,16-17,19H,3,11-15H2,1-2H3,(H,25,27). The minimum absolute atomic E-state index is 0.0638. The van der Waals surface area contributed by atoms with E-state index in [0.717, 1.165) is 25.7 Å². The van der Waals surface area contributed by atoms with Crippen molar-refractivity contribution in [2.24, 2.45) is 11.8 Å². The minimum Gasteiger partial charge on any atom is -0.410 e. The fourth-order valence-electron chi connectivity index (χ4n) is 3.78. The fourth-order valence-corrected chi connectivity index (χ4v) is 4.73. The van der Waals surface area contributed by atoms with Crippen LogP contribution in [0.4, 0.5) is 4.79 Å². The van der Waals surface area contributed by atoms with Gasteiger partial charge in [0.15, 0.2) is 0 Å². The molecule has 2 heterocycles. The lowest BCUT2D eigenvalue weighted by Gasteiger charge is -2.36. The SMILES string of the molecule is CCC(C)CC(NC(=O)c1ccc(Cl)s1)C1CCN(C(=O)Oc2ccccc2)CC1. The van der Waals surface area contributed by atoms with Gasteiger partial charge < -0.3 is 15.0 Å². The van der Waals surface area contributed by atoms with Crippen LogP contribution in [0.3, 0.4) is 0 Å². The monoisotopic (exact) mass is 448 g/mol. The van der Waals surface area contributed by atoms with Crippen molar-refractivity contribution >= 4 is 34.9 Å². The van der Waals surface area contributed by atoms with E-state index in [1.807, 2.05) is 18.2 Å². The molecule has 2 atom stereocenters. The van der Waals surface area contributed by atoms with E-state index in [0.29, 0.717) is 39.9 Å². The third kappa shape index (κ3) is 6.22. The lowest BCUT2D eigenvalue weighted by molar-refractivity contribution is 0.0872. The topological polar surface area (TPSA) is 58.6 Å². The normalized spacial score (nSPS) is 16.7. The summed E-state index contributed by atoms with van der Waals surface area (Å²) in [6, 6.07) is 12.7. The van der Waals surface area contributed by atoms with Gasteiger partial charge in [-0.2, -0.15) is 0 Å². The smallest absolute Gasteiger partial charge is 0.410 e. The van der Waals surface area contributed by atoms with Crippen LogP contribution in [-0.2, 0) is 0 Å². The number of ether oxygens (including phenoxy) is 1. The molecule has 1 aliphatic heterocycles. The second-order valence-electron chi connectivity index (χ2n) is 7.94. The number of likely N-dealkylation sites (tertiary alicyclic amines) is 1. The van der Waals surface area contributed by atoms with E-state index in [1.54, 1.807) is 29.2 Å². The number of hydrogen-bond donors (Lipinski definition) is 1. The van der Waals surface area contributed by atoms with Crippen LogP contribution in [0, 0.1) is 11.8 Å². The molecule has 30 heavy (non-hydrogen) atoms. The lowest BCUT2D eigenvalue weighted by atomic mass is 9.84. The van der Waals surface area contributed by atoms with E-state index in [1.165, 1.54) is 11.3 Å². The predicted octanol–water partition coefficient (Wildman–Crippen LogP) is 5.85. The number of amides is 2. The van der Waals surface area contributed by atoms with Crippen molar-refractivity contribution in [3.05, 3.63) is 51.7 Å². The van der Waals surface area contributed by atoms with Crippen LogP contribution in [0.25, 0.3) is 0 Å². The average molecular weight is 449 g/mol. The van der Waals surface area contributed by atoms with Crippen molar-refractivity contribution in [1.29, 1.82) is 0 Å². The van der Waals surface area contributed by atoms with Crippen LogP contribution in [0.5, 0.6) is 5.75 Å². The molecule has 1 aliphatic rings. The molecule has 2 unspecified atom stereocenters. The molecule has 5 nitrogen and oxygen atoms in total. The highest BCUT2D eigenvalue weighted by Gasteiger charge is 2.31. The van der Waals surface area contributed by atoms with E-state index in [-0.39, 0.29) is 18.0 Å². The molecule has 2 aromatic rings. The van der Waals surface area contributed by atoms with Crippen molar-refractivity contribution in [2.75, 3.05) is 13.1 Å². The minimum atomic E-state index is -0.310.